The monoisotopic (exact) mass is 364 g/mol. The van der Waals surface area contributed by atoms with Crippen molar-refractivity contribution in [3.8, 4) is 22.9 Å². The van der Waals surface area contributed by atoms with Gasteiger partial charge in [-0.25, -0.2) is 0 Å². The average Bonchev–Trinajstić information content (AvgIpc) is 2.74. The van der Waals surface area contributed by atoms with Crippen molar-refractivity contribution in [2.24, 2.45) is 0 Å². The van der Waals surface area contributed by atoms with Crippen molar-refractivity contribution in [3.63, 3.8) is 0 Å². The summed E-state index contributed by atoms with van der Waals surface area (Å²) in [5, 5.41) is 0. The van der Waals surface area contributed by atoms with E-state index in [0.717, 1.165) is 6.42 Å². The Kier molecular flexibility index (Phi) is 7.68. The zero-order valence-electron chi connectivity index (χ0n) is 17.1. The van der Waals surface area contributed by atoms with Gasteiger partial charge in [0, 0.05) is 0 Å². The Bertz CT molecular complexity index is 883. The molecule has 0 fully saturated rings. The van der Waals surface area contributed by atoms with Gasteiger partial charge in [0.1, 0.15) is 0 Å². The van der Waals surface area contributed by atoms with Gasteiger partial charge in [-0.1, -0.05) is 0 Å². The molecule has 140 valence electrons. The van der Waals surface area contributed by atoms with Crippen LogP contribution in [0.3, 0.4) is 0 Å². The molecule has 1 heteroatoms. The van der Waals surface area contributed by atoms with Crippen LogP contribution in [0, 0.1) is 18.7 Å². The van der Waals surface area contributed by atoms with Crippen LogP contribution in [0.1, 0.15) is 56.1 Å². The molecule has 1 aliphatic carbocycles. The van der Waals surface area contributed by atoms with Crippen LogP contribution in [0.5, 0.6) is 0 Å². The van der Waals surface area contributed by atoms with E-state index in [-0.39, 0.29) is 0 Å². The minimum absolute atomic E-state index is 0.339. The third-order valence-electron chi connectivity index (χ3n) is 5.17. The van der Waals surface area contributed by atoms with E-state index < -0.39 is 0 Å². The molecule has 0 bridgehead atoms. The third-order valence-corrected chi connectivity index (χ3v) is 5.17. The molecule has 0 aromatic heterocycles. The van der Waals surface area contributed by atoms with Gasteiger partial charge in [0.2, 0.25) is 0 Å². The maximum atomic E-state index is 3.27. The molecule has 0 radical (unpaired) electrons. The summed E-state index contributed by atoms with van der Waals surface area (Å²) >= 11 is 0. The topological polar surface area (TPSA) is 0 Å². The SMILES string of the molecule is CCCCCCC#CB=C1C=CC(c2ccc(-c3ccc(C)cc3)cc2)C=C1. The number of unbranched alkanes of at least 4 members (excludes halogenated alkanes) is 4. The van der Waals surface area contributed by atoms with Crippen LogP contribution in [-0.2, 0) is 0 Å². The number of aryl methyl sites for hydroxylation is 1. The predicted octanol–water partition coefficient (Wildman–Crippen LogP) is 6.68. The van der Waals surface area contributed by atoms with Crippen molar-refractivity contribution in [1.82, 2.24) is 0 Å². The van der Waals surface area contributed by atoms with Gasteiger partial charge in [-0.05, 0) is 6.92 Å². The van der Waals surface area contributed by atoms with E-state index >= 15 is 0 Å². The van der Waals surface area contributed by atoms with Crippen molar-refractivity contribution in [1.29, 1.82) is 0 Å². The second-order valence-electron chi connectivity index (χ2n) is 7.51. The second kappa shape index (κ2) is 10.7. The summed E-state index contributed by atoms with van der Waals surface area (Å²) in [7, 11) is 0. The molecule has 3 rings (SSSR count). The summed E-state index contributed by atoms with van der Waals surface area (Å²) < 4.78 is 0. The first-order valence-electron chi connectivity index (χ1n) is 10.5. The van der Waals surface area contributed by atoms with Crippen LogP contribution in [0.25, 0.3) is 11.1 Å². The summed E-state index contributed by atoms with van der Waals surface area (Å²) in [5.41, 5.74) is 6.34. The van der Waals surface area contributed by atoms with Crippen LogP contribution >= 0.6 is 0 Å². The Labute approximate surface area is 171 Å². The molecular formula is C27H29B. The van der Waals surface area contributed by atoms with E-state index in [2.05, 4.69) is 98.4 Å². The zero-order valence-corrected chi connectivity index (χ0v) is 17.1. The molecule has 0 heterocycles. The van der Waals surface area contributed by atoms with E-state index in [4.69, 9.17) is 0 Å². The zero-order chi connectivity index (χ0) is 19.6. The fourth-order valence-corrected chi connectivity index (χ4v) is 3.36. The molecule has 28 heavy (non-hydrogen) atoms. The van der Waals surface area contributed by atoms with Gasteiger partial charge in [-0.3, -0.25) is 0 Å². The number of rotatable bonds is 6. The fraction of sp³-hybridized carbons (Fsp3) is 0.296. The second-order valence-corrected chi connectivity index (χ2v) is 7.51. The molecule has 0 nitrogen and oxygen atoms in total. The number of hydrogen-bond donors (Lipinski definition) is 0. The molecule has 0 spiro atoms. The summed E-state index contributed by atoms with van der Waals surface area (Å²) in [6, 6.07) is 17.6. The third kappa shape index (κ3) is 5.96. The van der Waals surface area contributed by atoms with Crippen molar-refractivity contribution in [2.75, 3.05) is 0 Å². The van der Waals surface area contributed by atoms with Gasteiger partial charge in [-0.2, -0.15) is 0 Å². The quantitative estimate of drug-likeness (QED) is 0.305. The van der Waals surface area contributed by atoms with E-state index in [0.29, 0.717) is 5.92 Å². The van der Waals surface area contributed by atoms with Gasteiger partial charge < -0.3 is 0 Å². The average molecular weight is 364 g/mol. The molecule has 0 atom stereocenters. The van der Waals surface area contributed by atoms with Crippen molar-refractivity contribution in [3.05, 3.63) is 84.0 Å². The summed E-state index contributed by atoms with van der Waals surface area (Å²) in [5.74, 6) is 6.81. The first kappa shape index (κ1) is 20.2. The molecule has 0 saturated carbocycles. The molecule has 0 aliphatic heterocycles. The Balaban J connectivity index is 1.56. The van der Waals surface area contributed by atoms with E-state index in [1.807, 2.05) is 6.92 Å². The molecular weight excluding hydrogens is 335 g/mol. The Morgan fingerprint density at radius 3 is 2.11 bits per heavy atom. The van der Waals surface area contributed by atoms with Crippen LogP contribution in [0.2, 0.25) is 0 Å². The summed E-state index contributed by atoms with van der Waals surface area (Å²) in [4.78, 5) is 0. The van der Waals surface area contributed by atoms with Crippen molar-refractivity contribution in [2.45, 2.75) is 51.9 Å². The normalized spacial score (nSPS) is 15.1. The van der Waals surface area contributed by atoms with E-state index in [1.54, 1.807) is 0 Å². The summed E-state index contributed by atoms with van der Waals surface area (Å²) in [6.45, 7) is 6.39. The molecule has 0 N–H and O–H groups in total. The fourth-order valence-electron chi connectivity index (χ4n) is 3.36. The molecule has 0 saturated heterocycles. The van der Waals surface area contributed by atoms with Gasteiger partial charge in [0.25, 0.3) is 0 Å². The molecule has 2 aromatic carbocycles. The number of benzene rings is 2. The Morgan fingerprint density at radius 2 is 1.46 bits per heavy atom. The van der Waals surface area contributed by atoms with Gasteiger partial charge in [-0.15, -0.1) is 0 Å². The van der Waals surface area contributed by atoms with Crippen LogP contribution < -0.4 is 0 Å². The van der Waals surface area contributed by atoms with E-state index in [1.165, 1.54) is 53.4 Å². The Hall–Kier alpha value is -2.59. The molecule has 2 aromatic rings. The first-order chi connectivity index (χ1) is 13.8. The van der Waals surface area contributed by atoms with Crippen LogP contribution in [-0.4, -0.2) is 12.4 Å². The van der Waals surface area contributed by atoms with Gasteiger partial charge in [0.05, 0.1) is 0 Å². The minimum atomic E-state index is 0.339. The number of allylic oxidation sites excluding steroid dienone is 4. The standard InChI is InChI=1S/C27H29B/c1-3-4-5-6-7-8-21-28-27-19-17-26(18-20-27)25-15-13-24(14-16-25)23-11-9-22(2)10-12-23/h9-20,26H,3-7H2,1-2H3. The van der Waals surface area contributed by atoms with Crippen LogP contribution in [0.15, 0.2) is 72.8 Å². The van der Waals surface area contributed by atoms with Crippen molar-refractivity contribution < 1.29 is 0 Å². The van der Waals surface area contributed by atoms with Crippen LogP contribution in [0.4, 0.5) is 0 Å². The predicted molar refractivity (Wildman–Crippen MR) is 125 cm³/mol. The summed E-state index contributed by atoms with van der Waals surface area (Å²) in [6.07, 6.45) is 15.0. The van der Waals surface area contributed by atoms with Crippen molar-refractivity contribution >= 4 is 12.4 Å². The van der Waals surface area contributed by atoms with Gasteiger partial charge >= 0.3 is 164 Å². The van der Waals surface area contributed by atoms with Gasteiger partial charge in [0.15, 0.2) is 0 Å². The van der Waals surface area contributed by atoms with E-state index in [9.17, 15) is 0 Å². The number of hydrogen-bond acceptors (Lipinski definition) is 0. The molecule has 1 aliphatic rings. The maximum absolute atomic E-state index is 3.27. The first-order valence-corrected chi connectivity index (χ1v) is 10.5. The molecule has 0 amide bonds. The molecule has 0 unspecified atom stereocenters. The Morgan fingerprint density at radius 1 is 0.821 bits per heavy atom.